The van der Waals surface area contributed by atoms with Crippen LogP contribution in [-0.4, -0.2) is 31.7 Å². The number of hydrogen-bond acceptors (Lipinski definition) is 5. The molecule has 0 bridgehead atoms. The molecule has 0 spiro atoms. The Kier molecular flexibility index (Phi) is 5.59. The number of nitrogens with zero attached hydrogens (tertiary/aromatic N) is 1. The second kappa shape index (κ2) is 7.87. The first-order chi connectivity index (χ1) is 10.7. The molecule has 0 radical (unpaired) electrons. The summed E-state index contributed by atoms with van der Waals surface area (Å²) in [7, 11) is 1.52. The lowest BCUT2D eigenvalue weighted by Crippen LogP contribution is -2.09. The third kappa shape index (κ3) is 4.37. The quantitative estimate of drug-likeness (QED) is 0.369. The van der Waals surface area contributed by atoms with Crippen molar-refractivity contribution in [3.63, 3.8) is 0 Å². The third-order valence-electron chi connectivity index (χ3n) is 2.82. The lowest BCUT2D eigenvalue weighted by atomic mass is 10.2. The fourth-order valence-electron chi connectivity index (χ4n) is 1.79. The molecule has 0 aliphatic heterocycles. The van der Waals surface area contributed by atoms with Gasteiger partial charge in [-0.2, -0.15) is 0 Å². The summed E-state index contributed by atoms with van der Waals surface area (Å²) < 4.78 is 29.0. The molecule has 2 rings (SSSR count). The van der Waals surface area contributed by atoms with Gasteiger partial charge in [-0.15, -0.1) is 0 Å². The maximum absolute atomic E-state index is 12.7. The second-order valence-electron chi connectivity index (χ2n) is 4.31. The Balaban J connectivity index is 1.87. The van der Waals surface area contributed by atoms with E-state index in [-0.39, 0.29) is 5.82 Å². The normalized spacial score (nSPS) is 10.6. The molecule has 0 unspecified atom stereocenters. The maximum Gasteiger partial charge on any atom is 0.161 e. The monoisotopic (exact) mass is 305 g/mol. The van der Waals surface area contributed by atoms with E-state index in [2.05, 4.69) is 5.16 Å². The zero-order valence-corrected chi connectivity index (χ0v) is 12.0. The molecule has 0 saturated heterocycles. The minimum absolute atomic E-state index is 0.306. The molecule has 6 heteroatoms. The highest BCUT2D eigenvalue weighted by atomic mass is 19.1. The van der Waals surface area contributed by atoms with Gasteiger partial charge in [0, 0.05) is 5.56 Å². The van der Waals surface area contributed by atoms with Crippen molar-refractivity contribution in [2.75, 3.05) is 20.3 Å². The summed E-state index contributed by atoms with van der Waals surface area (Å²) in [5, 5.41) is 11.5. The molecular weight excluding hydrogens is 289 g/mol. The van der Waals surface area contributed by atoms with Crippen LogP contribution in [0.2, 0.25) is 0 Å². The smallest absolute Gasteiger partial charge is 0.161 e. The maximum atomic E-state index is 12.7. The average molecular weight is 305 g/mol. The molecule has 22 heavy (non-hydrogen) atoms. The predicted octanol–water partition coefficient (Wildman–Crippen LogP) is 3.10. The first-order valence-electron chi connectivity index (χ1n) is 6.59. The van der Waals surface area contributed by atoms with Gasteiger partial charge in [0.05, 0.1) is 13.3 Å². The Hall–Kier alpha value is -2.76. The van der Waals surface area contributed by atoms with E-state index in [4.69, 9.17) is 19.4 Å². The molecule has 0 saturated carbocycles. The van der Waals surface area contributed by atoms with Crippen LogP contribution in [0.5, 0.6) is 17.2 Å². The molecular formula is C16H16FNO4. The Morgan fingerprint density at radius 3 is 2.45 bits per heavy atom. The molecule has 116 valence electrons. The van der Waals surface area contributed by atoms with Crippen molar-refractivity contribution >= 4 is 6.21 Å². The average Bonchev–Trinajstić information content (AvgIpc) is 2.54. The van der Waals surface area contributed by atoms with E-state index in [1.54, 1.807) is 30.3 Å². The van der Waals surface area contributed by atoms with Crippen LogP contribution >= 0.6 is 0 Å². The predicted molar refractivity (Wildman–Crippen MR) is 79.8 cm³/mol. The molecule has 0 fully saturated rings. The molecule has 0 aliphatic carbocycles. The van der Waals surface area contributed by atoms with Gasteiger partial charge in [-0.1, -0.05) is 5.16 Å². The lowest BCUT2D eigenvalue weighted by Gasteiger charge is -2.12. The Bertz CT molecular complexity index is 629. The number of methoxy groups -OCH3 is 1. The van der Waals surface area contributed by atoms with Gasteiger partial charge in [0.15, 0.2) is 11.5 Å². The Morgan fingerprint density at radius 2 is 1.77 bits per heavy atom. The summed E-state index contributed by atoms with van der Waals surface area (Å²) in [5.74, 6) is 1.35. The fraction of sp³-hybridized carbons (Fsp3) is 0.188. The number of hydrogen-bond donors (Lipinski definition) is 1. The second-order valence-corrected chi connectivity index (χ2v) is 4.31. The van der Waals surface area contributed by atoms with Crippen LogP contribution in [0, 0.1) is 5.82 Å². The van der Waals surface area contributed by atoms with E-state index in [1.807, 2.05) is 0 Å². The fourth-order valence-corrected chi connectivity index (χ4v) is 1.79. The van der Waals surface area contributed by atoms with E-state index in [0.29, 0.717) is 36.0 Å². The molecule has 2 aromatic rings. The third-order valence-corrected chi connectivity index (χ3v) is 2.82. The van der Waals surface area contributed by atoms with Gasteiger partial charge in [-0.25, -0.2) is 4.39 Å². The summed E-state index contributed by atoms with van der Waals surface area (Å²) in [6.45, 7) is 0.621. The number of ether oxygens (including phenoxy) is 3. The van der Waals surface area contributed by atoms with Gasteiger partial charge >= 0.3 is 0 Å². The summed E-state index contributed by atoms with van der Waals surface area (Å²) >= 11 is 0. The van der Waals surface area contributed by atoms with E-state index in [1.165, 1.54) is 25.5 Å². The SMILES string of the molecule is COc1cc(C=NO)ccc1OCCOc1ccc(F)cc1. The molecule has 0 amide bonds. The van der Waals surface area contributed by atoms with Gasteiger partial charge in [0.1, 0.15) is 24.8 Å². The van der Waals surface area contributed by atoms with Crippen molar-refractivity contribution in [2.45, 2.75) is 0 Å². The molecule has 2 aromatic carbocycles. The van der Waals surface area contributed by atoms with Crippen molar-refractivity contribution in [1.82, 2.24) is 0 Å². The van der Waals surface area contributed by atoms with Crippen LogP contribution in [-0.2, 0) is 0 Å². The van der Waals surface area contributed by atoms with E-state index >= 15 is 0 Å². The van der Waals surface area contributed by atoms with Crippen molar-refractivity contribution < 1.29 is 23.8 Å². The first kappa shape index (κ1) is 15.6. The summed E-state index contributed by atoms with van der Waals surface area (Å²) in [6.07, 6.45) is 1.30. The van der Waals surface area contributed by atoms with Gasteiger partial charge in [-0.3, -0.25) is 0 Å². The van der Waals surface area contributed by atoms with E-state index in [9.17, 15) is 4.39 Å². The molecule has 1 N–H and O–H groups in total. The standard InChI is InChI=1S/C16H16FNO4/c1-20-16-10-12(11-18-19)2-7-15(16)22-9-8-21-14-5-3-13(17)4-6-14/h2-7,10-11,19H,8-9H2,1H3. The number of benzene rings is 2. The van der Waals surface area contributed by atoms with Crippen molar-refractivity contribution in [2.24, 2.45) is 5.16 Å². The Labute approximate surface area is 127 Å². The summed E-state index contributed by atoms with van der Waals surface area (Å²) in [5.41, 5.74) is 0.689. The van der Waals surface area contributed by atoms with Gasteiger partial charge in [-0.05, 0) is 42.5 Å². The van der Waals surface area contributed by atoms with E-state index < -0.39 is 0 Å². The van der Waals surface area contributed by atoms with Crippen LogP contribution in [0.3, 0.4) is 0 Å². The van der Waals surface area contributed by atoms with Crippen molar-refractivity contribution in [3.8, 4) is 17.2 Å². The molecule has 0 aliphatic rings. The van der Waals surface area contributed by atoms with Crippen LogP contribution in [0.1, 0.15) is 5.56 Å². The number of oxime groups is 1. The van der Waals surface area contributed by atoms with Crippen molar-refractivity contribution in [3.05, 3.63) is 53.8 Å². The largest absolute Gasteiger partial charge is 0.493 e. The highest BCUT2D eigenvalue weighted by Crippen LogP contribution is 2.27. The minimum Gasteiger partial charge on any atom is -0.493 e. The van der Waals surface area contributed by atoms with Gasteiger partial charge < -0.3 is 19.4 Å². The first-order valence-corrected chi connectivity index (χ1v) is 6.59. The zero-order valence-electron chi connectivity index (χ0n) is 12.0. The molecule has 0 aromatic heterocycles. The molecule has 0 heterocycles. The van der Waals surface area contributed by atoms with Crippen molar-refractivity contribution in [1.29, 1.82) is 0 Å². The number of rotatable bonds is 7. The lowest BCUT2D eigenvalue weighted by molar-refractivity contribution is 0.211. The highest BCUT2D eigenvalue weighted by molar-refractivity contribution is 5.80. The van der Waals surface area contributed by atoms with Gasteiger partial charge in [0.25, 0.3) is 0 Å². The summed E-state index contributed by atoms with van der Waals surface area (Å²) in [6, 6.07) is 10.9. The Morgan fingerprint density at radius 1 is 1.05 bits per heavy atom. The highest BCUT2D eigenvalue weighted by Gasteiger charge is 2.05. The summed E-state index contributed by atoms with van der Waals surface area (Å²) in [4.78, 5) is 0. The molecule has 0 atom stereocenters. The molecule has 5 nitrogen and oxygen atoms in total. The van der Waals surface area contributed by atoms with Crippen LogP contribution in [0.25, 0.3) is 0 Å². The van der Waals surface area contributed by atoms with Crippen LogP contribution in [0.15, 0.2) is 47.6 Å². The van der Waals surface area contributed by atoms with Crippen LogP contribution in [0.4, 0.5) is 4.39 Å². The number of halogens is 1. The zero-order chi connectivity index (χ0) is 15.8. The minimum atomic E-state index is -0.306. The van der Waals surface area contributed by atoms with E-state index in [0.717, 1.165) is 0 Å². The van der Waals surface area contributed by atoms with Crippen LogP contribution < -0.4 is 14.2 Å². The van der Waals surface area contributed by atoms with Gasteiger partial charge in [0.2, 0.25) is 0 Å². The topological polar surface area (TPSA) is 60.3 Å².